The summed E-state index contributed by atoms with van der Waals surface area (Å²) in [6, 6.07) is 30.7. The largest absolute Gasteiger partial charge is 0.394 e. The second-order valence-corrected chi connectivity index (χ2v) is 13.4. The van der Waals surface area contributed by atoms with Gasteiger partial charge in [0.1, 0.15) is 6.04 Å². The highest BCUT2D eigenvalue weighted by molar-refractivity contribution is 8.02. The van der Waals surface area contributed by atoms with E-state index in [1.54, 1.807) is 16.7 Å². The van der Waals surface area contributed by atoms with E-state index in [2.05, 4.69) is 17.6 Å². The van der Waals surface area contributed by atoms with E-state index < -0.39 is 28.7 Å². The Morgan fingerprint density at radius 3 is 2.26 bits per heavy atom. The van der Waals surface area contributed by atoms with Crippen molar-refractivity contribution in [2.24, 2.45) is 17.8 Å². The van der Waals surface area contributed by atoms with E-state index in [1.807, 2.05) is 103 Å². The molecule has 0 aliphatic carbocycles. The number of likely N-dealkylation sites (tertiary alicyclic amines) is 1. The van der Waals surface area contributed by atoms with Crippen molar-refractivity contribution in [1.82, 2.24) is 4.90 Å². The number of thioether (sulfide) groups is 1. The van der Waals surface area contributed by atoms with E-state index in [0.717, 1.165) is 22.8 Å². The number of benzene rings is 4. The molecule has 0 aromatic heterocycles. The Hall–Kier alpha value is -4.14. The van der Waals surface area contributed by atoms with Crippen molar-refractivity contribution in [2.45, 2.75) is 35.4 Å². The van der Waals surface area contributed by atoms with E-state index in [4.69, 9.17) is 0 Å². The summed E-state index contributed by atoms with van der Waals surface area (Å²) < 4.78 is -0.816. The van der Waals surface area contributed by atoms with Gasteiger partial charge in [0.2, 0.25) is 17.7 Å². The molecule has 43 heavy (non-hydrogen) atoms. The maximum absolute atomic E-state index is 14.6. The second kappa shape index (κ2) is 10.8. The number of fused-ring (bicyclic) bond motifs is 2. The zero-order chi connectivity index (χ0) is 29.7. The summed E-state index contributed by atoms with van der Waals surface area (Å²) in [4.78, 5) is 44.6. The lowest BCUT2D eigenvalue weighted by molar-refractivity contribution is -0.141. The van der Waals surface area contributed by atoms with Crippen LogP contribution in [0.15, 0.2) is 103 Å². The minimum absolute atomic E-state index is 0.00435. The van der Waals surface area contributed by atoms with E-state index >= 15 is 0 Å². The fourth-order valence-corrected chi connectivity index (χ4v) is 10.1. The first kappa shape index (κ1) is 27.7. The number of hydrogen-bond acceptors (Lipinski definition) is 5. The SMILES string of the molecule is CC1C[C@H]2SC13C(C(=O)Nc1ccc4ccccc4c1)N([C@H](CO)c1ccccc1)C(=O)[C@@H]3[C@H]2C(=O)Nc1ccccc1. The van der Waals surface area contributed by atoms with Crippen molar-refractivity contribution < 1.29 is 19.5 Å². The number of rotatable bonds is 7. The summed E-state index contributed by atoms with van der Waals surface area (Å²) in [6.45, 7) is 1.75. The van der Waals surface area contributed by atoms with E-state index in [0.29, 0.717) is 11.4 Å². The topological polar surface area (TPSA) is 98.7 Å². The molecule has 3 saturated heterocycles. The normalized spacial score (nSPS) is 28.1. The summed E-state index contributed by atoms with van der Waals surface area (Å²) in [6.07, 6.45) is 0.726. The number of para-hydroxylation sites is 1. The molecule has 3 aliphatic rings. The van der Waals surface area contributed by atoms with Gasteiger partial charge >= 0.3 is 0 Å². The molecule has 1 spiro atoms. The third-order valence-corrected chi connectivity index (χ3v) is 11.6. The van der Waals surface area contributed by atoms with Crippen LogP contribution in [0, 0.1) is 17.8 Å². The minimum Gasteiger partial charge on any atom is -0.394 e. The van der Waals surface area contributed by atoms with Gasteiger partial charge in [-0.2, -0.15) is 0 Å². The van der Waals surface area contributed by atoms with Gasteiger partial charge in [-0.15, -0.1) is 11.8 Å². The van der Waals surface area contributed by atoms with Crippen LogP contribution in [0.25, 0.3) is 10.8 Å². The number of aliphatic hydroxyl groups excluding tert-OH is 1. The van der Waals surface area contributed by atoms with Crippen LogP contribution in [-0.2, 0) is 14.4 Å². The predicted molar refractivity (Wildman–Crippen MR) is 169 cm³/mol. The molecule has 8 heteroatoms. The van der Waals surface area contributed by atoms with Crippen molar-refractivity contribution in [1.29, 1.82) is 0 Å². The maximum Gasteiger partial charge on any atom is 0.248 e. The number of amides is 3. The summed E-state index contributed by atoms with van der Waals surface area (Å²) in [5.74, 6) is -2.04. The van der Waals surface area contributed by atoms with Crippen molar-refractivity contribution in [3.8, 4) is 0 Å². The van der Waals surface area contributed by atoms with Crippen LogP contribution in [0.4, 0.5) is 11.4 Å². The van der Waals surface area contributed by atoms with Gasteiger partial charge in [-0.3, -0.25) is 14.4 Å². The molecule has 3 aliphatic heterocycles. The van der Waals surface area contributed by atoms with Gasteiger partial charge in [0.05, 0.1) is 29.2 Å². The number of nitrogens with zero attached hydrogens (tertiary/aromatic N) is 1. The molecule has 3 amide bonds. The fourth-order valence-electron chi connectivity index (χ4n) is 7.65. The van der Waals surface area contributed by atoms with Gasteiger partial charge < -0.3 is 20.6 Å². The van der Waals surface area contributed by atoms with Crippen molar-refractivity contribution >= 4 is 51.6 Å². The average molecular weight is 592 g/mol. The van der Waals surface area contributed by atoms with Gasteiger partial charge in [-0.25, -0.2) is 0 Å². The van der Waals surface area contributed by atoms with E-state index in [9.17, 15) is 19.5 Å². The number of anilines is 2. The third kappa shape index (κ3) is 4.43. The van der Waals surface area contributed by atoms with Gasteiger partial charge in [0, 0.05) is 16.6 Å². The Labute approximate surface area is 254 Å². The molecule has 3 heterocycles. The molecule has 4 aromatic rings. The minimum atomic E-state index is -0.881. The molecule has 0 radical (unpaired) electrons. The zero-order valence-corrected chi connectivity index (χ0v) is 24.5. The van der Waals surface area contributed by atoms with Crippen LogP contribution in [-0.4, -0.2) is 50.4 Å². The lowest BCUT2D eigenvalue weighted by Crippen LogP contribution is -2.55. The first-order valence-electron chi connectivity index (χ1n) is 14.7. The lowest BCUT2D eigenvalue weighted by atomic mass is 9.66. The highest BCUT2D eigenvalue weighted by Crippen LogP contribution is 2.69. The Balaban J connectivity index is 1.30. The second-order valence-electron chi connectivity index (χ2n) is 11.8. The molecule has 3 unspecified atom stereocenters. The van der Waals surface area contributed by atoms with Crippen molar-refractivity contribution in [3.05, 3.63) is 109 Å². The maximum atomic E-state index is 14.6. The van der Waals surface area contributed by atoms with Gasteiger partial charge in [0.15, 0.2) is 0 Å². The zero-order valence-electron chi connectivity index (χ0n) is 23.7. The van der Waals surface area contributed by atoms with Crippen LogP contribution in [0.1, 0.15) is 24.9 Å². The predicted octanol–water partition coefficient (Wildman–Crippen LogP) is 5.49. The Kier molecular flexibility index (Phi) is 6.98. The fraction of sp³-hybridized carbons (Fsp3) is 0.286. The van der Waals surface area contributed by atoms with Crippen LogP contribution in [0.2, 0.25) is 0 Å². The van der Waals surface area contributed by atoms with Crippen LogP contribution >= 0.6 is 11.8 Å². The average Bonchev–Trinajstić information content (AvgIpc) is 3.62. The lowest BCUT2D eigenvalue weighted by Gasteiger charge is -2.40. The molecule has 7 atom stereocenters. The summed E-state index contributed by atoms with van der Waals surface area (Å²) in [7, 11) is 0. The van der Waals surface area contributed by atoms with E-state index in [-0.39, 0.29) is 35.5 Å². The first-order valence-corrected chi connectivity index (χ1v) is 15.6. The molecule has 2 bridgehead atoms. The van der Waals surface area contributed by atoms with Gasteiger partial charge in [-0.1, -0.05) is 85.8 Å². The Morgan fingerprint density at radius 1 is 0.884 bits per heavy atom. The highest BCUT2D eigenvalue weighted by Gasteiger charge is 2.76. The van der Waals surface area contributed by atoms with Crippen LogP contribution < -0.4 is 10.6 Å². The summed E-state index contributed by atoms with van der Waals surface area (Å²) in [5, 5.41) is 18.8. The highest BCUT2D eigenvalue weighted by atomic mass is 32.2. The number of nitrogens with one attached hydrogen (secondary N) is 2. The summed E-state index contributed by atoms with van der Waals surface area (Å²) in [5.41, 5.74) is 2.06. The van der Waals surface area contributed by atoms with Crippen LogP contribution in [0.5, 0.6) is 0 Å². The third-order valence-electron chi connectivity index (χ3n) is 9.49. The van der Waals surface area contributed by atoms with Gasteiger partial charge in [-0.05, 0) is 52.9 Å². The quantitative estimate of drug-likeness (QED) is 0.264. The molecule has 4 aromatic carbocycles. The summed E-state index contributed by atoms with van der Waals surface area (Å²) >= 11 is 1.62. The van der Waals surface area contributed by atoms with Crippen molar-refractivity contribution in [3.63, 3.8) is 0 Å². The monoisotopic (exact) mass is 591 g/mol. The Bertz CT molecular complexity index is 1700. The number of hydrogen-bond donors (Lipinski definition) is 3. The van der Waals surface area contributed by atoms with Gasteiger partial charge in [0.25, 0.3) is 0 Å². The molecule has 218 valence electrons. The molecule has 7 nitrogen and oxygen atoms in total. The molecule has 7 rings (SSSR count). The molecule has 3 N–H and O–H groups in total. The smallest absolute Gasteiger partial charge is 0.248 e. The number of aliphatic hydroxyl groups is 1. The molecular weight excluding hydrogens is 558 g/mol. The standard InChI is InChI=1S/C35H33N3O4S/c1-21-18-28-29(32(40)36-25-14-6-3-7-15-25)30-34(42)38(27(20-39)23-11-4-2-5-12-23)31(35(21,30)43-28)33(41)37-26-17-16-22-10-8-9-13-24(22)19-26/h2-17,19,21,27-31,39H,18,20H2,1H3,(H,36,40)(H,37,41)/t21?,27-,28-,29+,30+,31?,35?/m1/s1. The molecule has 0 saturated carbocycles. The molecule has 3 fully saturated rings. The Morgan fingerprint density at radius 2 is 1.53 bits per heavy atom. The van der Waals surface area contributed by atoms with E-state index in [1.165, 1.54) is 0 Å². The number of carbonyl (C=O) groups is 3. The number of carbonyl (C=O) groups excluding carboxylic acids is 3. The van der Waals surface area contributed by atoms with Crippen molar-refractivity contribution in [2.75, 3.05) is 17.2 Å². The van der Waals surface area contributed by atoms with Crippen LogP contribution in [0.3, 0.4) is 0 Å². The molecular formula is C35H33N3O4S. The first-order chi connectivity index (χ1) is 20.9.